The van der Waals surface area contributed by atoms with Gasteiger partial charge in [-0.1, -0.05) is 41.2 Å². The number of carboxylic acid groups (broad SMARTS) is 1. The zero-order valence-corrected chi connectivity index (χ0v) is 23.3. The SMILES string of the molecule is C=C(C(=O)C[C@H](C)[C@H]1CC[C@@]2(C)[C@@H]3CC[C@H]4[C@](C)(C(=O)O)[C@@H](O)C[C@H](O)[C@@]45C[C@@]35CC[C@]12C)C(C)C. The van der Waals surface area contributed by atoms with Crippen molar-refractivity contribution in [1.29, 1.82) is 0 Å². The molecule has 0 bridgehead atoms. The maximum absolute atomic E-state index is 12.9. The molecule has 11 atom stereocenters. The monoisotopic (exact) mass is 500 g/mol. The van der Waals surface area contributed by atoms with Gasteiger partial charge in [-0.15, -0.1) is 0 Å². The predicted octanol–water partition coefficient (Wildman–Crippen LogP) is 5.63. The first kappa shape index (κ1) is 26.4. The van der Waals surface area contributed by atoms with Crippen LogP contribution >= 0.6 is 0 Å². The average Bonchev–Trinajstić information content (AvgIpc) is 3.41. The largest absolute Gasteiger partial charge is 0.481 e. The minimum Gasteiger partial charge on any atom is -0.481 e. The standard InChI is InChI=1S/C31H48O5/c1-17(2)19(4)21(32)14-18(3)20-10-11-28(6)22-8-9-23-29(7,26(35)36)24(33)15-25(34)31(23)16-30(22,31)13-12-27(20,28)5/h17-18,20,22-25,33-34H,4,8-16H2,1-3,5-7H3,(H,35,36)/t18-,20+,22-,23-,24-,25-,27+,28-,29-,30-,31+/m0/s1. The van der Waals surface area contributed by atoms with Crippen LogP contribution in [0.3, 0.4) is 0 Å². The highest BCUT2D eigenvalue weighted by molar-refractivity contribution is 5.95. The van der Waals surface area contributed by atoms with E-state index in [1.54, 1.807) is 6.92 Å². The molecule has 3 N–H and O–H groups in total. The molecule has 0 aliphatic heterocycles. The van der Waals surface area contributed by atoms with Gasteiger partial charge in [-0.2, -0.15) is 0 Å². The van der Waals surface area contributed by atoms with Crippen LogP contribution in [0.25, 0.3) is 0 Å². The summed E-state index contributed by atoms with van der Waals surface area (Å²) >= 11 is 0. The molecule has 202 valence electrons. The van der Waals surface area contributed by atoms with Crippen molar-refractivity contribution < 1.29 is 24.9 Å². The zero-order chi connectivity index (χ0) is 26.6. The fourth-order valence-corrected chi connectivity index (χ4v) is 11.2. The van der Waals surface area contributed by atoms with E-state index >= 15 is 0 Å². The van der Waals surface area contributed by atoms with Gasteiger partial charge in [0.05, 0.1) is 17.6 Å². The van der Waals surface area contributed by atoms with Crippen molar-refractivity contribution >= 4 is 11.8 Å². The first-order valence-electron chi connectivity index (χ1n) is 14.4. The summed E-state index contributed by atoms with van der Waals surface area (Å²) in [5.74, 6) is 0.550. The fourth-order valence-electron chi connectivity index (χ4n) is 11.2. The van der Waals surface area contributed by atoms with E-state index in [1.807, 2.05) is 13.8 Å². The van der Waals surface area contributed by atoms with Gasteiger partial charge in [-0.25, -0.2) is 0 Å². The number of allylic oxidation sites excluding steroid dienone is 1. The Bertz CT molecular complexity index is 987. The summed E-state index contributed by atoms with van der Waals surface area (Å²) in [5, 5.41) is 32.5. The number of aliphatic hydroxyl groups is 2. The van der Waals surface area contributed by atoms with Crippen LogP contribution < -0.4 is 0 Å². The molecule has 0 aromatic heterocycles. The van der Waals surface area contributed by atoms with Crippen LogP contribution in [0.4, 0.5) is 0 Å². The number of hydrogen-bond acceptors (Lipinski definition) is 4. The first-order valence-corrected chi connectivity index (χ1v) is 14.4. The third kappa shape index (κ3) is 2.91. The van der Waals surface area contributed by atoms with Crippen molar-refractivity contribution in [3.63, 3.8) is 0 Å². The minimum absolute atomic E-state index is 0.0136. The summed E-state index contributed by atoms with van der Waals surface area (Å²) in [6.07, 6.45) is 6.13. The lowest BCUT2D eigenvalue weighted by Gasteiger charge is -2.63. The van der Waals surface area contributed by atoms with Crippen LogP contribution in [0.5, 0.6) is 0 Å². The molecule has 0 aromatic rings. The highest BCUT2D eigenvalue weighted by Crippen LogP contribution is 2.89. The smallest absolute Gasteiger partial charge is 0.312 e. The van der Waals surface area contributed by atoms with Crippen LogP contribution in [0, 0.1) is 56.7 Å². The van der Waals surface area contributed by atoms with Gasteiger partial charge in [-0.3, -0.25) is 9.59 Å². The molecule has 5 aliphatic carbocycles. The Labute approximate surface area is 217 Å². The molecule has 5 saturated carbocycles. The quantitative estimate of drug-likeness (QED) is 0.411. The maximum Gasteiger partial charge on any atom is 0.312 e. The second-order valence-electron chi connectivity index (χ2n) is 14.7. The Morgan fingerprint density at radius 1 is 0.917 bits per heavy atom. The number of aliphatic carboxylic acids is 1. The molecule has 0 heterocycles. The number of aliphatic hydroxyl groups excluding tert-OH is 2. The van der Waals surface area contributed by atoms with Crippen LogP contribution in [0.15, 0.2) is 12.2 Å². The predicted molar refractivity (Wildman–Crippen MR) is 139 cm³/mol. The number of carboxylic acids is 1. The van der Waals surface area contributed by atoms with E-state index < -0.39 is 23.6 Å². The van der Waals surface area contributed by atoms with Crippen LogP contribution in [-0.4, -0.2) is 39.3 Å². The normalized spacial score (nSPS) is 52.0. The number of fused-ring (bicyclic) bond motifs is 2. The van der Waals surface area contributed by atoms with Gasteiger partial charge in [0.2, 0.25) is 0 Å². The highest BCUT2D eigenvalue weighted by atomic mass is 16.4. The molecule has 2 spiro atoms. The lowest BCUT2D eigenvalue weighted by Crippen LogP contribution is -2.63. The molecule has 0 aromatic carbocycles. The van der Waals surface area contributed by atoms with E-state index in [4.69, 9.17) is 0 Å². The summed E-state index contributed by atoms with van der Waals surface area (Å²) in [4.78, 5) is 25.4. The summed E-state index contributed by atoms with van der Waals surface area (Å²) in [7, 11) is 0. The van der Waals surface area contributed by atoms with Crippen molar-refractivity contribution in [2.75, 3.05) is 0 Å². The van der Waals surface area contributed by atoms with Gasteiger partial charge in [0, 0.05) is 18.3 Å². The lowest BCUT2D eigenvalue weighted by molar-refractivity contribution is -0.210. The van der Waals surface area contributed by atoms with Crippen molar-refractivity contribution in [2.24, 2.45) is 56.7 Å². The number of carbonyl (C=O) groups excluding carboxylic acids is 1. The zero-order valence-electron chi connectivity index (χ0n) is 23.3. The van der Waals surface area contributed by atoms with Gasteiger partial charge in [0.15, 0.2) is 5.78 Å². The molecule has 0 unspecified atom stereocenters. The molecule has 36 heavy (non-hydrogen) atoms. The van der Waals surface area contributed by atoms with E-state index in [2.05, 4.69) is 27.4 Å². The minimum atomic E-state index is -1.19. The Balaban J connectivity index is 1.44. The maximum atomic E-state index is 12.9. The van der Waals surface area contributed by atoms with Gasteiger partial charge >= 0.3 is 5.97 Å². The molecule has 0 radical (unpaired) electrons. The van der Waals surface area contributed by atoms with Crippen molar-refractivity contribution in [2.45, 2.75) is 112 Å². The molecule has 5 fully saturated rings. The van der Waals surface area contributed by atoms with Crippen LogP contribution in [0.2, 0.25) is 0 Å². The third-order valence-corrected chi connectivity index (χ3v) is 13.6. The summed E-state index contributed by atoms with van der Waals surface area (Å²) in [6, 6.07) is 0. The first-order chi connectivity index (χ1) is 16.6. The van der Waals surface area contributed by atoms with Gasteiger partial charge in [0.1, 0.15) is 0 Å². The number of rotatable bonds is 6. The molecule has 0 amide bonds. The van der Waals surface area contributed by atoms with Crippen molar-refractivity contribution in [3.05, 3.63) is 12.2 Å². The van der Waals surface area contributed by atoms with E-state index in [9.17, 15) is 24.9 Å². The summed E-state index contributed by atoms with van der Waals surface area (Å²) in [5.41, 5.74) is -0.591. The number of hydrogen-bond donors (Lipinski definition) is 3. The average molecular weight is 501 g/mol. The van der Waals surface area contributed by atoms with Gasteiger partial charge in [-0.05, 0) is 103 Å². The van der Waals surface area contributed by atoms with Gasteiger partial charge < -0.3 is 15.3 Å². The summed E-state index contributed by atoms with van der Waals surface area (Å²) < 4.78 is 0. The van der Waals surface area contributed by atoms with E-state index in [0.29, 0.717) is 24.2 Å². The molecular weight excluding hydrogens is 452 g/mol. The molecular formula is C31H48O5. The molecule has 0 saturated heterocycles. The molecule has 5 aliphatic rings. The Kier molecular flexibility index (Phi) is 5.80. The van der Waals surface area contributed by atoms with Crippen LogP contribution in [0.1, 0.15) is 99.3 Å². The fraction of sp³-hybridized carbons (Fsp3) is 0.871. The second-order valence-corrected chi connectivity index (χ2v) is 14.7. The van der Waals surface area contributed by atoms with Crippen molar-refractivity contribution in [3.8, 4) is 0 Å². The molecule has 5 nitrogen and oxygen atoms in total. The third-order valence-electron chi connectivity index (χ3n) is 13.6. The number of carbonyl (C=O) groups is 2. The number of ketones is 1. The van der Waals surface area contributed by atoms with E-state index in [0.717, 1.165) is 50.5 Å². The van der Waals surface area contributed by atoms with Gasteiger partial charge in [0.25, 0.3) is 0 Å². The molecule has 5 rings (SSSR count). The molecule has 5 heteroatoms. The van der Waals surface area contributed by atoms with E-state index in [-0.39, 0.29) is 45.7 Å². The topological polar surface area (TPSA) is 94.8 Å². The number of Topliss-reactive ketones (excluding diaryl/α,β-unsaturated/α-hetero) is 1. The Morgan fingerprint density at radius 2 is 1.56 bits per heavy atom. The van der Waals surface area contributed by atoms with E-state index in [1.165, 1.54) is 0 Å². The second kappa shape index (κ2) is 7.91. The Morgan fingerprint density at radius 3 is 2.17 bits per heavy atom. The summed E-state index contributed by atoms with van der Waals surface area (Å²) in [6.45, 7) is 17.1. The highest BCUT2D eigenvalue weighted by Gasteiger charge is 2.85. The van der Waals surface area contributed by atoms with Crippen molar-refractivity contribution in [1.82, 2.24) is 0 Å². The van der Waals surface area contributed by atoms with Crippen LogP contribution in [-0.2, 0) is 9.59 Å². The lowest BCUT2D eigenvalue weighted by atomic mass is 9.41. The Hall–Kier alpha value is -1.20.